The molecule has 1 saturated heterocycles. The number of aryl methyl sites for hydroxylation is 3. The number of nitrogens with two attached hydrogens (primary N) is 1. The highest BCUT2D eigenvalue weighted by Gasteiger charge is 2.38. The van der Waals surface area contributed by atoms with Crippen molar-refractivity contribution in [3.05, 3.63) is 28.7 Å². The molecular formula is C17H22FN5O2. The number of amides is 2. The smallest absolute Gasteiger partial charge is 0.240 e. The Morgan fingerprint density at radius 1 is 1.36 bits per heavy atom. The van der Waals surface area contributed by atoms with Gasteiger partial charge in [-0.1, -0.05) is 0 Å². The van der Waals surface area contributed by atoms with E-state index in [1.807, 2.05) is 26.8 Å². The summed E-state index contributed by atoms with van der Waals surface area (Å²) in [6, 6.07) is 1.05. The lowest BCUT2D eigenvalue weighted by Crippen LogP contribution is -2.43. The Morgan fingerprint density at radius 3 is 2.76 bits per heavy atom. The van der Waals surface area contributed by atoms with E-state index in [4.69, 9.17) is 5.73 Å². The van der Waals surface area contributed by atoms with Gasteiger partial charge in [-0.25, -0.2) is 13.9 Å². The average Bonchev–Trinajstić information content (AvgIpc) is 3.09. The van der Waals surface area contributed by atoms with E-state index in [0.29, 0.717) is 6.42 Å². The summed E-state index contributed by atoms with van der Waals surface area (Å²) < 4.78 is 15.4. The summed E-state index contributed by atoms with van der Waals surface area (Å²) in [5.41, 5.74) is 9.65. The molecule has 0 saturated carbocycles. The number of aromatic nitrogens is 3. The third-order valence-electron chi connectivity index (χ3n) is 4.77. The van der Waals surface area contributed by atoms with E-state index < -0.39 is 18.1 Å². The number of carbonyl (C=O) groups excluding carboxylic acids is 2. The molecule has 7 nitrogen and oxygen atoms in total. The summed E-state index contributed by atoms with van der Waals surface area (Å²) in [5.74, 6) is -0.921. The van der Waals surface area contributed by atoms with Crippen molar-refractivity contribution in [1.29, 1.82) is 0 Å². The fourth-order valence-electron chi connectivity index (χ4n) is 3.51. The van der Waals surface area contributed by atoms with Crippen molar-refractivity contribution in [1.82, 2.24) is 19.5 Å². The van der Waals surface area contributed by atoms with Crippen molar-refractivity contribution in [2.45, 2.75) is 52.2 Å². The van der Waals surface area contributed by atoms with Gasteiger partial charge in [0.05, 0.1) is 12.2 Å². The van der Waals surface area contributed by atoms with Crippen molar-refractivity contribution >= 4 is 17.5 Å². The van der Waals surface area contributed by atoms with Gasteiger partial charge >= 0.3 is 0 Å². The van der Waals surface area contributed by atoms with Crippen LogP contribution in [0, 0.1) is 20.8 Å². The molecular weight excluding hydrogens is 325 g/mol. The molecule has 8 heteroatoms. The van der Waals surface area contributed by atoms with Gasteiger partial charge in [-0.15, -0.1) is 0 Å². The van der Waals surface area contributed by atoms with Gasteiger partial charge in [0.25, 0.3) is 0 Å². The SMILES string of the molecule is Cc1cc2nc(C)c(CCC(=O)N3C[C@H](F)C[C@H]3C(N)=O)c(C)n2n1. The van der Waals surface area contributed by atoms with E-state index in [1.54, 1.807) is 4.52 Å². The monoisotopic (exact) mass is 347 g/mol. The summed E-state index contributed by atoms with van der Waals surface area (Å²) in [7, 11) is 0. The lowest BCUT2D eigenvalue weighted by Gasteiger charge is -2.22. The number of hydrogen-bond donors (Lipinski definition) is 1. The highest BCUT2D eigenvalue weighted by Crippen LogP contribution is 2.23. The Labute approximate surface area is 145 Å². The van der Waals surface area contributed by atoms with Gasteiger partial charge in [-0.05, 0) is 32.8 Å². The Kier molecular flexibility index (Phi) is 4.45. The van der Waals surface area contributed by atoms with Crippen molar-refractivity contribution in [3.8, 4) is 0 Å². The first-order valence-electron chi connectivity index (χ1n) is 8.33. The molecule has 2 aromatic heterocycles. The van der Waals surface area contributed by atoms with E-state index >= 15 is 0 Å². The van der Waals surface area contributed by atoms with Crippen molar-refractivity contribution in [2.75, 3.05) is 6.54 Å². The summed E-state index contributed by atoms with van der Waals surface area (Å²) in [6.07, 6.45) is -0.586. The number of likely N-dealkylation sites (tertiary alicyclic amines) is 1. The number of hydrogen-bond acceptors (Lipinski definition) is 4. The average molecular weight is 347 g/mol. The summed E-state index contributed by atoms with van der Waals surface area (Å²) >= 11 is 0. The highest BCUT2D eigenvalue weighted by molar-refractivity contribution is 5.87. The lowest BCUT2D eigenvalue weighted by molar-refractivity contribution is -0.137. The second kappa shape index (κ2) is 6.42. The van der Waals surface area contributed by atoms with Crippen molar-refractivity contribution in [2.24, 2.45) is 5.73 Å². The maximum atomic E-state index is 13.6. The van der Waals surface area contributed by atoms with Crippen molar-refractivity contribution in [3.63, 3.8) is 0 Å². The van der Waals surface area contributed by atoms with Gasteiger partial charge in [0.1, 0.15) is 12.2 Å². The van der Waals surface area contributed by atoms with Crippen LogP contribution in [-0.4, -0.2) is 50.1 Å². The zero-order valence-corrected chi connectivity index (χ0v) is 14.6. The van der Waals surface area contributed by atoms with Crippen LogP contribution in [0.4, 0.5) is 4.39 Å². The zero-order valence-electron chi connectivity index (χ0n) is 14.6. The van der Waals surface area contributed by atoms with Gasteiger partial charge in [-0.2, -0.15) is 5.10 Å². The lowest BCUT2D eigenvalue weighted by atomic mass is 10.1. The van der Waals surface area contributed by atoms with Crippen LogP contribution in [-0.2, 0) is 16.0 Å². The van der Waals surface area contributed by atoms with Crippen LogP contribution in [0.1, 0.15) is 35.5 Å². The van der Waals surface area contributed by atoms with Crippen LogP contribution in [0.3, 0.4) is 0 Å². The minimum absolute atomic E-state index is 0.0147. The number of halogens is 1. The highest BCUT2D eigenvalue weighted by atomic mass is 19.1. The molecule has 0 aromatic carbocycles. The molecule has 2 aromatic rings. The molecule has 1 fully saturated rings. The Bertz CT molecular complexity index is 847. The summed E-state index contributed by atoms with van der Waals surface area (Å²) in [5, 5.41) is 4.41. The number of carbonyl (C=O) groups is 2. The second-order valence-electron chi connectivity index (χ2n) is 6.61. The minimum Gasteiger partial charge on any atom is -0.368 e. The molecule has 0 radical (unpaired) electrons. The predicted octanol–water partition coefficient (Wildman–Crippen LogP) is 1.01. The van der Waals surface area contributed by atoms with Crippen LogP contribution >= 0.6 is 0 Å². The number of nitrogens with zero attached hydrogens (tertiary/aromatic N) is 4. The molecule has 0 aliphatic carbocycles. The first-order chi connectivity index (χ1) is 11.8. The fraction of sp³-hybridized carbons (Fsp3) is 0.529. The van der Waals surface area contributed by atoms with Crippen LogP contribution in [0.15, 0.2) is 6.07 Å². The molecule has 3 rings (SSSR count). The largest absolute Gasteiger partial charge is 0.368 e. The molecule has 0 bridgehead atoms. The zero-order chi connectivity index (χ0) is 18.3. The molecule has 2 N–H and O–H groups in total. The quantitative estimate of drug-likeness (QED) is 0.893. The van der Waals surface area contributed by atoms with Gasteiger partial charge in [-0.3, -0.25) is 9.59 Å². The van der Waals surface area contributed by atoms with Crippen LogP contribution < -0.4 is 5.73 Å². The Morgan fingerprint density at radius 2 is 2.08 bits per heavy atom. The fourth-order valence-corrected chi connectivity index (χ4v) is 3.51. The van der Waals surface area contributed by atoms with Gasteiger partial charge in [0.15, 0.2) is 5.65 Å². The van der Waals surface area contributed by atoms with E-state index in [0.717, 1.165) is 28.3 Å². The molecule has 0 unspecified atom stereocenters. The van der Waals surface area contributed by atoms with Gasteiger partial charge < -0.3 is 10.6 Å². The number of primary amides is 1. The molecule has 3 heterocycles. The van der Waals surface area contributed by atoms with Crippen molar-refractivity contribution < 1.29 is 14.0 Å². The van der Waals surface area contributed by atoms with E-state index in [1.165, 1.54) is 4.90 Å². The Balaban J connectivity index is 1.78. The predicted molar refractivity (Wildman–Crippen MR) is 89.7 cm³/mol. The van der Waals surface area contributed by atoms with Gasteiger partial charge in [0.2, 0.25) is 11.8 Å². The molecule has 0 spiro atoms. The number of rotatable bonds is 4. The first-order valence-corrected chi connectivity index (χ1v) is 8.33. The van der Waals surface area contributed by atoms with Crippen LogP contribution in [0.2, 0.25) is 0 Å². The molecule has 2 amide bonds. The van der Waals surface area contributed by atoms with Crippen LogP contribution in [0.5, 0.6) is 0 Å². The summed E-state index contributed by atoms with van der Waals surface area (Å²) in [6.45, 7) is 5.67. The third kappa shape index (κ3) is 3.20. The maximum absolute atomic E-state index is 13.6. The molecule has 25 heavy (non-hydrogen) atoms. The van der Waals surface area contributed by atoms with E-state index in [9.17, 15) is 14.0 Å². The minimum atomic E-state index is -1.20. The molecule has 1 aliphatic rings. The topological polar surface area (TPSA) is 93.6 Å². The Hall–Kier alpha value is -2.51. The maximum Gasteiger partial charge on any atom is 0.240 e. The third-order valence-corrected chi connectivity index (χ3v) is 4.77. The van der Waals surface area contributed by atoms with E-state index in [-0.39, 0.29) is 25.3 Å². The van der Waals surface area contributed by atoms with Gasteiger partial charge in [0, 0.05) is 30.3 Å². The molecule has 1 aliphatic heterocycles. The molecule has 2 atom stereocenters. The summed E-state index contributed by atoms with van der Waals surface area (Å²) in [4.78, 5) is 29.7. The molecule has 134 valence electrons. The normalized spacial score (nSPS) is 20.4. The number of fused-ring (bicyclic) bond motifs is 1. The second-order valence-corrected chi connectivity index (χ2v) is 6.61. The standard InChI is InChI=1S/C17H22FN5O2/c1-9-6-15-20-10(2)13(11(3)23(15)21-9)4-5-16(24)22-8-12(18)7-14(22)17(19)25/h6,12,14H,4-5,7-8H2,1-3H3,(H2,19,25)/t12-,14+/m1/s1. The first kappa shape index (κ1) is 17.3. The van der Waals surface area contributed by atoms with Crippen LogP contribution in [0.25, 0.3) is 5.65 Å². The van der Waals surface area contributed by atoms with E-state index in [2.05, 4.69) is 10.1 Å². The number of alkyl halides is 1.